The molecule has 1 aliphatic rings. The Labute approximate surface area is 107 Å². The van der Waals surface area contributed by atoms with Crippen LogP contribution in [0.25, 0.3) is 0 Å². The Bertz CT molecular complexity index is 370. The van der Waals surface area contributed by atoms with Crippen molar-refractivity contribution in [3.8, 4) is 0 Å². The molecule has 0 radical (unpaired) electrons. The van der Waals surface area contributed by atoms with Crippen LogP contribution in [0.2, 0.25) is 0 Å². The van der Waals surface area contributed by atoms with Crippen LogP contribution in [-0.4, -0.2) is 39.7 Å². The van der Waals surface area contributed by atoms with E-state index in [1.54, 1.807) is 0 Å². The maximum atomic E-state index is 12.3. The van der Waals surface area contributed by atoms with E-state index in [4.69, 9.17) is 0 Å². The first kappa shape index (κ1) is 13.0. The van der Waals surface area contributed by atoms with Crippen LogP contribution in [0.4, 0.5) is 0 Å². The molecule has 1 atom stereocenters. The third-order valence-corrected chi connectivity index (χ3v) is 3.47. The summed E-state index contributed by atoms with van der Waals surface area (Å²) < 4.78 is 0. The first-order chi connectivity index (χ1) is 8.77. The molecule has 1 aromatic heterocycles. The molecule has 2 rings (SSSR count). The third-order valence-electron chi connectivity index (χ3n) is 3.47. The monoisotopic (exact) mass is 251 g/mol. The summed E-state index contributed by atoms with van der Waals surface area (Å²) in [6, 6.07) is 0. The maximum Gasteiger partial charge on any atom is 0.240 e. The number of amides is 1. The predicted octanol–water partition coefficient (Wildman–Crippen LogP) is 0.386. The van der Waals surface area contributed by atoms with Gasteiger partial charge in [-0.3, -0.25) is 9.89 Å². The van der Waals surface area contributed by atoms with Crippen LogP contribution in [0.15, 0.2) is 6.33 Å². The lowest BCUT2D eigenvalue weighted by atomic mass is 9.91. The Kier molecular flexibility index (Phi) is 4.30. The number of aromatic amines is 1. The molecule has 1 amide bonds. The first-order valence-corrected chi connectivity index (χ1v) is 6.64. The smallest absolute Gasteiger partial charge is 0.240 e. The number of hydrogen-bond acceptors (Lipinski definition) is 4. The Hall–Kier alpha value is -1.43. The zero-order valence-electron chi connectivity index (χ0n) is 10.8. The number of nitrogens with zero attached hydrogens (tertiary/aromatic N) is 2. The molecule has 0 bridgehead atoms. The molecule has 0 spiro atoms. The SMILES string of the molecule is CCCC1(C(=O)NCCc2ncn[nH]2)CCCN1. The molecule has 1 fully saturated rings. The zero-order valence-corrected chi connectivity index (χ0v) is 10.8. The summed E-state index contributed by atoms with van der Waals surface area (Å²) in [6.07, 6.45) is 6.11. The van der Waals surface area contributed by atoms with Crippen molar-refractivity contribution >= 4 is 5.91 Å². The van der Waals surface area contributed by atoms with Crippen molar-refractivity contribution in [2.75, 3.05) is 13.1 Å². The van der Waals surface area contributed by atoms with E-state index in [0.29, 0.717) is 13.0 Å². The first-order valence-electron chi connectivity index (χ1n) is 6.64. The van der Waals surface area contributed by atoms with Crippen molar-refractivity contribution in [3.05, 3.63) is 12.2 Å². The average molecular weight is 251 g/mol. The molecule has 6 nitrogen and oxygen atoms in total. The van der Waals surface area contributed by atoms with E-state index in [1.807, 2.05) is 0 Å². The Balaban J connectivity index is 1.82. The van der Waals surface area contributed by atoms with E-state index >= 15 is 0 Å². The Morgan fingerprint density at radius 1 is 1.61 bits per heavy atom. The molecular weight excluding hydrogens is 230 g/mol. The Morgan fingerprint density at radius 3 is 3.11 bits per heavy atom. The predicted molar refractivity (Wildman–Crippen MR) is 68.0 cm³/mol. The largest absolute Gasteiger partial charge is 0.354 e. The van der Waals surface area contributed by atoms with Gasteiger partial charge in [-0.05, 0) is 25.8 Å². The van der Waals surface area contributed by atoms with Gasteiger partial charge in [-0.25, -0.2) is 4.98 Å². The molecule has 0 aliphatic carbocycles. The van der Waals surface area contributed by atoms with Crippen molar-refractivity contribution in [1.82, 2.24) is 25.8 Å². The third kappa shape index (κ3) is 2.87. The van der Waals surface area contributed by atoms with E-state index in [-0.39, 0.29) is 11.4 Å². The Morgan fingerprint density at radius 2 is 2.50 bits per heavy atom. The number of carbonyl (C=O) groups is 1. The number of H-pyrrole nitrogens is 1. The number of nitrogens with one attached hydrogen (secondary N) is 3. The molecular formula is C12H21N5O. The molecule has 6 heteroatoms. The summed E-state index contributed by atoms with van der Waals surface area (Å²) >= 11 is 0. The molecule has 2 heterocycles. The van der Waals surface area contributed by atoms with E-state index < -0.39 is 0 Å². The summed E-state index contributed by atoms with van der Waals surface area (Å²) in [7, 11) is 0. The summed E-state index contributed by atoms with van der Waals surface area (Å²) in [5.41, 5.74) is -0.337. The maximum absolute atomic E-state index is 12.3. The molecule has 0 saturated carbocycles. The van der Waals surface area contributed by atoms with Crippen molar-refractivity contribution in [2.45, 2.75) is 44.6 Å². The standard InChI is InChI=1S/C12H21N5O/c1-2-5-12(6-3-7-15-12)11(18)13-8-4-10-14-9-16-17-10/h9,15H,2-8H2,1H3,(H,13,18)(H,14,16,17). The van der Waals surface area contributed by atoms with Crippen molar-refractivity contribution in [3.63, 3.8) is 0 Å². The van der Waals surface area contributed by atoms with Gasteiger partial charge in [0.1, 0.15) is 12.2 Å². The topological polar surface area (TPSA) is 82.7 Å². The van der Waals surface area contributed by atoms with Gasteiger partial charge in [-0.2, -0.15) is 5.10 Å². The lowest BCUT2D eigenvalue weighted by Gasteiger charge is -2.27. The average Bonchev–Trinajstić information content (AvgIpc) is 3.01. The van der Waals surface area contributed by atoms with Crippen molar-refractivity contribution in [2.24, 2.45) is 0 Å². The van der Waals surface area contributed by atoms with Crippen molar-refractivity contribution < 1.29 is 4.79 Å². The van der Waals surface area contributed by atoms with E-state index in [1.165, 1.54) is 6.33 Å². The van der Waals surface area contributed by atoms with E-state index in [2.05, 4.69) is 32.7 Å². The summed E-state index contributed by atoms with van der Waals surface area (Å²) in [5, 5.41) is 12.9. The molecule has 18 heavy (non-hydrogen) atoms. The molecule has 1 saturated heterocycles. The van der Waals surface area contributed by atoms with E-state index in [9.17, 15) is 4.79 Å². The molecule has 100 valence electrons. The number of rotatable bonds is 6. The molecule has 1 aliphatic heterocycles. The highest BCUT2D eigenvalue weighted by Gasteiger charge is 2.39. The second-order valence-corrected chi connectivity index (χ2v) is 4.80. The van der Waals surface area contributed by atoms with Gasteiger partial charge in [0.15, 0.2) is 0 Å². The van der Waals surface area contributed by atoms with Gasteiger partial charge < -0.3 is 10.6 Å². The molecule has 1 unspecified atom stereocenters. The van der Waals surface area contributed by atoms with Gasteiger partial charge in [-0.1, -0.05) is 13.3 Å². The van der Waals surface area contributed by atoms with Crippen LogP contribution in [0.1, 0.15) is 38.4 Å². The second kappa shape index (κ2) is 5.95. The minimum atomic E-state index is -0.337. The van der Waals surface area contributed by atoms with Gasteiger partial charge in [0, 0.05) is 13.0 Å². The minimum Gasteiger partial charge on any atom is -0.354 e. The number of carbonyl (C=O) groups excluding carboxylic acids is 1. The van der Waals surface area contributed by atoms with Gasteiger partial charge >= 0.3 is 0 Å². The van der Waals surface area contributed by atoms with Crippen LogP contribution in [0.3, 0.4) is 0 Å². The molecule has 3 N–H and O–H groups in total. The second-order valence-electron chi connectivity index (χ2n) is 4.80. The lowest BCUT2D eigenvalue weighted by Crippen LogP contribution is -2.53. The van der Waals surface area contributed by atoms with E-state index in [0.717, 1.165) is 38.1 Å². The van der Waals surface area contributed by atoms with Crippen molar-refractivity contribution in [1.29, 1.82) is 0 Å². The van der Waals surface area contributed by atoms with Crippen LogP contribution in [0, 0.1) is 0 Å². The van der Waals surface area contributed by atoms with Crippen LogP contribution >= 0.6 is 0 Å². The number of hydrogen-bond donors (Lipinski definition) is 3. The van der Waals surface area contributed by atoms with Gasteiger partial charge in [-0.15, -0.1) is 0 Å². The quantitative estimate of drug-likeness (QED) is 0.683. The van der Waals surface area contributed by atoms with Gasteiger partial charge in [0.05, 0.1) is 5.54 Å². The van der Waals surface area contributed by atoms with Crippen LogP contribution in [0.5, 0.6) is 0 Å². The minimum absolute atomic E-state index is 0.126. The van der Waals surface area contributed by atoms with Gasteiger partial charge in [0.25, 0.3) is 0 Å². The summed E-state index contributed by atoms with van der Waals surface area (Å²) in [6.45, 7) is 3.65. The van der Waals surface area contributed by atoms with Crippen LogP contribution in [-0.2, 0) is 11.2 Å². The normalized spacial score (nSPS) is 23.2. The fourth-order valence-electron chi connectivity index (χ4n) is 2.57. The summed E-state index contributed by atoms with van der Waals surface area (Å²) in [5.74, 6) is 0.931. The molecule has 1 aromatic rings. The number of aromatic nitrogens is 3. The summed E-state index contributed by atoms with van der Waals surface area (Å²) in [4.78, 5) is 16.3. The van der Waals surface area contributed by atoms with Gasteiger partial charge in [0.2, 0.25) is 5.91 Å². The highest BCUT2D eigenvalue weighted by Crippen LogP contribution is 2.24. The zero-order chi connectivity index (χ0) is 12.8. The highest BCUT2D eigenvalue weighted by atomic mass is 16.2. The fraction of sp³-hybridized carbons (Fsp3) is 0.750. The van der Waals surface area contributed by atoms with Crippen LogP contribution < -0.4 is 10.6 Å². The lowest BCUT2D eigenvalue weighted by molar-refractivity contribution is -0.127. The molecule has 0 aromatic carbocycles. The fourth-order valence-corrected chi connectivity index (χ4v) is 2.57. The highest BCUT2D eigenvalue weighted by molar-refractivity contribution is 5.86.